The van der Waals surface area contributed by atoms with E-state index in [-0.39, 0.29) is 0 Å². The Balaban J connectivity index is 2.03. The number of aromatic nitrogens is 1. The van der Waals surface area contributed by atoms with E-state index in [4.69, 9.17) is 16.3 Å². The number of hydrogen-bond acceptors (Lipinski definition) is 3. The van der Waals surface area contributed by atoms with Gasteiger partial charge >= 0.3 is 5.97 Å². The molecule has 0 amide bonds. The first-order valence-corrected chi connectivity index (χ1v) is 9.46. The molecule has 0 bridgehead atoms. The largest absolute Gasteiger partial charge is 0.465 e. The van der Waals surface area contributed by atoms with Gasteiger partial charge in [0.25, 0.3) is 0 Å². The SMILES string of the molecule is COC(=O)c1ccc(Cl)c(N=Cc2c(Br)c(C)n(-c3ccccc3)c2C)c1. The molecule has 2 aromatic carbocycles. The highest BCUT2D eigenvalue weighted by molar-refractivity contribution is 9.10. The molecule has 0 aliphatic rings. The van der Waals surface area contributed by atoms with Crippen molar-refractivity contribution in [2.75, 3.05) is 7.11 Å². The average Bonchev–Trinajstić information content (AvgIpc) is 2.90. The quantitative estimate of drug-likeness (QED) is 0.362. The van der Waals surface area contributed by atoms with Gasteiger partial charge in [-0.1, -0.05) is 29.8 Å². The monoisotopic (exact) mass is 444 g/mol. The summed E-state index contributed by atoms with van der Waals surface area (Å²) in [7, 11) is 1.34. The highest BCUT2D eigenvalue weighted by Gasteiger charge is 2.16. The van der Waals surface area contributed by atoms with Crippen molar-refractivity contribution in [1.29, 1.82) is 0 Å². The lowest BCUT2D eigenvalue weighted by molar-refractivity contribution is 0.0601. The summed E-state index contributed by atoms with van der Waals surface area (Å²) in [6.45, 7) is 4.09. The van der Waals surface area contributed by atoms with Crippen LogP contribution in [-0.2, 0) is 4.74 Å². The number of nitrogens with zero attached hydrogens (tertiary/aromatic N) is 2. The van der Waals surface area contributed by atoms with Crippen LogP contribution < -0.4 is 0 Å². The molecule has 0 radical (unpaired) electrons. The van der Waals surface area contributed by atoms with E-state index in [2.05, 4.69) is 37.6 Å². The first-order chi connectivity index (χ1) is 12.9. The molecule has 6 heteroatoms. The fourth-order valence-corrected chi connectivity index (χ4v) is 3.66. The highest BCUT2D eigenvalue weighted by Crippen LogP contribution is 2.31. The van der Waals surface area contributed by atoms with Crippen molar-refractivity contribution in [3.05, 3.63) is 80.5 Å². The van der Waals surface area contributed by atoms with Crippen LogP contribution in [0.5, 0.6) is 0 Å². The van der Waals surface area contributed by atoms with Crippen molar-refractivity contribution in [3.63, 3.8) is 0 Å². The highest BCUT2D eigenvalue weighted by atomic mass is 79.9. The number of methoxy groups -OCH3 is 1. The summed E-state index contributed by atoms with van der Waals surface area (Å²) in [5.41, 5.74) is 5.08. The van der Waals surface area contributed by atoms with E-state index in [0.717, 1.165) is 27.1 Å². The summed E-state index contributed by atoms with van der Waals surface area (Å²) in [6, 6.07) is 15.0. The Bertz CT molecular complexity index is 1030. The Morgan fingerprint density at radius 1 is 1.15 bits per heavy atom. The van der Waals surface area contributed by atoms with Crippen molar-refractivity contribution in [2.45, 2.75) is 13.8 Å². The molecule has 0 fully saturated rings. The summed E-state index contributed by atoms with van der Waals surface area (Å²) in [4.78, 5) is 16.3. The zero-order chi connectivity index (χ0) is 19.6. The van der Waals surface area contributed by atoms with Gasteiger partial charge < -0.3 is 9.30 Å². The lowest BCUT2D eigenvalue weighted by Crippen LogP contribution is -2.00. The van der Waals surface area contributed by atoms with Crippen LogP contribution in [0.25, 0.3) is 5.69 Å². The summed E-state index contributed by atoms with van der Waals surface area (Å²) in [5.74, 6) is -0.424. The minimum Gasteiger partial charge on any atom is -0.465 e. The molecule has 138 valence electrons. The predicted molar refractivity (Wildman–Crippen MR) is 113 cm³/mol. The van der Waals surface area contributed by atoms with E-state index in [1.165, 1.54) is 7.11 Å². The number of para-hydroxylation sites is 1. The second kappa shape index (κ2) is 8.11. The molecular weight excluding hydrogens is 428 g/mol. The Morgan fingerprint density at radius 2 is 1.85 bits per heavy atom. The third kappa shape index (κ3) is 3.84. The zero-order valence-electron chi connectivity index (χ0n) is 15.2. The van der Waals surface area contributed by atoms with Crippen LogP contribution in [-0.4, -0.2) is 23.9 Å². The predicted octanol–water partition coefficient (Wildman–Crippen LogP) is 6.05. The van der Waals surface area contributed by atoms with Gasteiger partial charge in [0.1, 0.15) is 0 Å². The van der Waals surface area contributed by atoms with Crippen molar-refractivity contribution in [2.24, 2.45) is 4.99 Å². The van der Waals surface area contributed by atoms with Crippen LogP contribution in [0.15, 0.2) is 58.0 Å². The molecule has 3 rings (SSSR count). The zero-order valence-corrected chi connectivity index (χ0v) is 17.5. The molecule has 27 heavy (non-hydrogen) atoms. The van der Waals surface area contributed by atoms with Crippen molar-refractivity contribution >= 4 is 45.4 Å². The minimum absolute atomic E-state index is 0.405. The Labute approximate surface area is 171 Å². The molecule has 0 N–H and O–H groups in total. The number of hydrogen-bond donors (Lipinski definition) is 0. The fourth-order valence-electron chi connectivity index (χ4n) is 2.93. The lowest BCUT2D eigenvalue weighted by Gasteiger charge is -2.09. The summed E-state index contributed by atoms with van der Waals surface area (Å²) in [5, 5.41) is 0.465. The smallest absolute Gasteiger partial charge is 0.337 e. The third-order valence-electron chi connectivity index (χ3n) is 4.33. The first-order valence-electron chi connectivity index (χ1n) is 8.28. The van der Waals surface area contributed by atoms with Gasteiger partial charge in [-0.15, -0.1) is 0 Å². The number of rotatable bonds is 4. The summed E-state index contributed by atoms with van der Waals surface area (Å²) < 4.78 is 7.89. The molecule has 0 aliphatic carbocycles. The van der Waals surface area contributed by atoms with E-state index in [9.17, 15) is 4.79 Å². The van der Waals surface area contributed by atoms with Gasteiger partial charge in [-0.05, 0) is 60.1 Å². The lowest BCUT2D eigenvalue weighted by atomic mass is 10.2. The molecule has 0 spiro atoms. The number of aliphatic imine (C=N–C) groups is 1. The van der Waals surface area contributed by atoms with Gasteiger partial charge in [0.15, 0.2) is 0 Å². The van der Waals surface area contributed by atoms with Crippen LogP contribution in [0.1, 0.15) is 27.3 Å². The molecule has 1 aromatic heterocycles. The van der Waals surface area contributed by atoms with Gasteiger partial charge in [-0.3, -0.25) is 4.99 Å². The summed E-state index contributed by atoms with van der Waals surface area (Å²) in [6.07, 6.45) is 1.76. The van der Waals surface area contributed by atoms with Crippen LogP contribution >= 0.6 is 27.5 Å². The molecule has 0 atom stereocenters. The van der Waals surface area contributed by atoms with Crippen molar-refractivity contribution < 1.29 is 9.53 Å². The first kappa shape index (κ1) is 19.4. The van der Waals surface area contributed by atoms with Gasteiger partial charge in [0.05, 0.1) is 23.4 Å². The van der Waals surface area contributed by atoms with E-state index >= 15 is 0 Å². The maximum atomic E-state index is 11.7. The van der Waals surface area contributed by atoms with E-state index < -0.39 is 5.97 Å². The molecule has 0 saturated carbocycles. The third-order valence-corrected chi connectivity index (χ3v) is 5.65. The number of carbonyl (C=O) groups is 1. The van der Waals surface area contributed by atoms with Crippen LogP contribution in [0.4, 0.5) is 5.69 Å². The average molecular weight is 446 g/mol. The molecular formula is C21H18BrClN2O2. The van der Waals surface area contributed by atoms with Gasteiger partial charge in [-0.25, -0.2) is 4.79 Å². The molecule has 1 heterocycles. The summed E-state index contributed by atoms with van der Waals surface area (Å²) >= 11 is 9.91. The van der Waals surface area contributed by atoms with Crippen LogP contribution in [0.3, 0.4) is 0 Å². The Morgan fingerprint density at radius 3 is 2.52 bits per heavy atom. The van der Waals surface area contributed by atoms with Gasteiger partial charge in [0, 0.05) is 33.3 Å². The standard InChI is InChI=1S/C21H18BrClN2O2/c1-13-17(20(22)14(2)25(13)16-7-5-4-6-8-16)12-24-19-11-15(21(26)27-3)9-10-18(19)23/h4-12H,1-3H3. The van der Waals surface area contributed by atoms with E-state index in [0.29, 0.717) is 16.3 Å². The van der Waals surface area contributed by atoms with Crippen molar-refractivity contribution in [1.82, 2.24) is 4.57 Å². The molecule has 0 unspecified atom stereocenters. The molecule has 3 aromatic rings. The second-order valence-corrected chi connectivity index (χ2v) is 7.19. The molecule has 0 aliphatic heterocycles. The Kier molecular flexibility index (Phi) is 5.82. The van der Waals surface area contributed by atoms with Crippen LogP contribution in [0.2, 0.25) is 5.02 Å². The molecule has 4 nitrogen and oxygen atoms in total. The number of benzene rings is 2. The topological polar surface area (TPSA) is 43.6 Å². The number of ether oxygens (including phenoxy) is 1. The van der Waals surface area contributed by atoms with E-state index in [1.807, 2.05) is 32.0 Å². The minimum atomic E-state index is -0.424. The number of esters is 1. The fraction of sp³-hybridized carbons (Fsp3) is 0.143. The van der Waals surface area contributed by atoms with Gasteiger partial charge in [-0.2, -0.15) is 0 Å². The maximum absolute atomic E-state index is 11.7. The Hall–Kier alpha value is -2.37. The van der Waals surface area contributed by atoms with Crippen molar-refractivity contribution in [3.8, 4) is 5.69 Å². The van der Waals surface area contributed by atoms with Gasteiger partial charge in [0.2, 0.25) is 0 Å². The number of carbonyl (C=O) groups excluding carboxylic acids is 1. The normalized spacial score (nSPS) is 11.1. The van der Waals surface area contributed by atoms with E-state index in [1.54, 1.807) is 24.4 Å². The maximum Gasteiger partial charge on any atom is 0.337 e. The number of halogens is 2. The van der Waals surface area contributed by atoms with Crippen LogP contribution in [0, 0.1) is 13.8 Å². The molecule has 0 saturated heterocycles. The second-order valence-electron chi connectivity index (χ2n) is 5.99.